The van der Waals surface area contributed by atoms with Crippen molar-refractivity contribution in [3.63, 3.8) is 0 Å². The molecule has 0 spiro atoms. The fraction of sp³-hybridized carbons (Fsp3) is 0.133. The van der Waals surface area contributed by atoms with Crippen LogP contribution in [-0.2, 0) is 4.79 Å². The number of amides is 1. The number of halogens is 2. The van der Waals surface area contributed by atoms with Crippen molar-refractivity contribution in [2.45, 2.75) is 0 Å². The molecule has 0 aromatic heterocycles. The SMILES string of the molecule is CN(CC(=O)Nc1cc(N)ccc1F)c1cccc(F)c1. The molecule has 110 valence electrons. The fourth-order valence-corrected chi connectivity index (χ4v) is 1.85. The molecular formula is C15H15F2N3O. The number of nitrogens with zero attached hydrogens (tertiary/aromatic N) is 1. The predicted molar refractivity (Wildman–Crippen MR) is 79.1 cm³/mol. The largest absolute Gasteiger partial charge is 0.399 e. The monoisotopic (exact) mass is 291 g/mol. The average molecular weight is 291 g/mol. The molecule has 2 aromatic carbocycles. The normalized spacial score (nSPS) is 10.2. The molecule has 0 atom stereocenters. The number of rotatable bonds is 4. The number of hydrogen-bond donors (Lipinski definition) is 2. The van der Waals surface area contributed by atoms with Crippen LogP contribution >= 0.6 is 0 Å². The molecule has 0 fully saturated rings. The van der Waals surface area contributed by atoms with E-state index in [4.69, 9.17) is 5.73 Å². The number of benzene rings is 2. The Morgan fingerprint density at radius 1 is 1.24 bits per heavy atom. The van der Waals surface area contributed by atoms with E-state index in [9.17, 15) is 13.6 Å². The first-order valence-electron chi connectivity index (χ1n) is 6.27. The zero-order chi connectivity index (χ0) is 15.4. The summed E-state index contributed by atoms with van der Waals surface area (Å²) in [6.45, 7) is -0.0440. The van der Waals surface area contributed by atoms with Gasteiger partial charge in [0.15, 0.2) is 0 Å². The van der Waals surface area contributed by atoms with E-state index in [0.29, 0.717) is 11.4 Å². The van der Waals surface area contributed by atoms with Gasteiger partial charge in [-0.05, 0) is 36.4 Å². The summed E-state index contributed by atoms with van der Waals surface area (Å²) in [5.41, 5.74) is 6.47. The van der Waals surface area contributed by atoms with Crippen molar-refractivity contribution in [1.82, 2.24) is 0 Å². The van der Waals surface area contributed by atoms with Gasteiger partial charge in [-0.1, -0.05) is 6.07 Å². The summed E-state index contributed by atoms with van der Waals surface area (Å²) in [6, 6.07) is 9.79. The predicted octanol–water partition coefficient (Wildman–Crippen LogP) is 2.62. The van der Waals surface area contributed by atoms with Gasteiger partial charge in [-0.3, -0.25) is 4.79 Å². The molecule has 0 unspecified atom stereocenters. The molecule has 0 aliphatic carbocycles. The number of carbonyl (C=O) groups is 1. The van der Waals surface area contributed by atoms with Gasteiger partial charge < -0.3 is 16.0 Å². The van der Waals surface area contributed by atoms with Gasteiger partial charge in [0.05, 0.1) is 12.2 Å². The second kappa shape index (κ2) is 6.21. The summed E-state index contributed by atoms with van der Waals surface area (Å²) in [6.07, 6.45) is 0. The number of carbonyl (C=O) groups excluding carboxylic acids is 1. The Kier molecular flexibility index (Phi) is 4.37. The highest BCUT2D eigenvalue weighted by atomic mass is 19.1. The summed E-state index contributed by atoms with van der Waals surface area (Å²) < 4.78 is 26.6. The molecule has 21 heavy (non-hydrogen) atoms. The van der Waals surface area contributed by atoms with Crippen LogP contribution in [0.3, 0.4) is 0 Å². The van der Waals surface area contributed by atoms with Crippen molar-refractivity contribution in [3.8, 4) is 0 Å². The number of likely N-dealkylation sites (N-methyl/N-ethyl adjacent to an activating group) is 1. The number of anilines is 3. The van der Waals surface area contributed by atoms with Gasteiger partial charge in [0.25, 0.3) is 0 Å². The van der Waals surface area contributed by atoms with Crippen LogP contribution in [0, 0.1) is 11.6 Å². The lowest BCUT2D eigenvalue weighted by molar-refractivity contribution is -0.114. The van der Waals surface area contributed by atoms with E-state index in [1.807, 2.05) is 0 Å². The van der Waals surface area contributed by atoms with Crippen molar-refractivity contribution in [2.24, 2.45) is 0 Å². The number of nitrogen functional groups attached to an aromatic ring is 1. The molecule has 3 N–H and O–H groups in total. The average Bonchev–Trinajstić information content (AvgIpc) is 2.42. The molecule has 0 saturated carbocycles. The number of nitrogens with one attached hydrogen (secondary N) is 1. The number of hydrogen-bond acceptors (Lipinski definition) is 3. The van der Waals surface area contributed by atoms with E-state index in [0.717, 1.165) is 0 Å². The van der Waals surface area contributed by atoms with Crippen LogP contribution < -0.4 is 16.0 Å². The van der Waals surface area contributed by atoms with Crippen LogP contribution in [0.4, 0.5) is 25.8 Å². The summed E-state index contributed by atoms with van der Waals surface area (Å²) in [4.78, 5) is 13.4. The van der Waals surface area contributed by atoms with E-state index in [-0.39, 0.29) is 18.0 Å². The zero-order valence-corrected chi connectivity index (χ0v) is 11.4. The van der Waals surface area contributed by atoms with Gasteiger partial charge in [0, 0.05) is 18.4 Å². The first kappa shape index (κ1) is 14.8. The molecular weight excluding hydrogens is 276 g/mol. The van der Waals surface area contributed by atoms with Crippen LogP contribution in [0.5, 0.6) is 0 Å². The van der Waals surface area contributed by atoms with Crippen molar-refractivity contribution < 1.29 is 13.6 Å². The van der Waals surface area contributed by atoms with Crippen LogP contribution in [0.1, 0.15) is 0 Å². The molecule has 0 saturated heterocycles. The van der Waals surface area contributed by atoms with E-state index in [2.05, 4.69) is 5.32 Å². The summed E-state index contributed by atoms with van der Waals surface area (Å²) in [7, 11) is 1.64. The lowest BCUT2D eigenvalue weighted by atomic mass is 10.2. The van der Waals surface area contributed by atoms with Gasteiger partial charge in [0.2, 0.25) is 5.91 Å². The Morgan fingerprint density at radius 3 is 2.71 bits per heavy atom. The summed E-state index contributed by atoms with van der Waals surface area (Å²) >= 11 is 0. The Hall–Kier alpha value is -2.63. The molecule has 0 heterocycles. The van der Waals surface area contributed by atoms with Gasteiger partial charge >= 0.3 is 0 Å². The molecule has 1 amide bonds. The van der Waals surface area contributed by atoms with Gasteiger partial charge in [-0.25, -0.2) is 8.78 Å². The van der Waals surface area contributed by atoms with Crippen molar-refractivity contribution in [3.05, 3.63) is 54.1 Å². The van der Waals surface area contributed by atoms with Crippen LogP contribution in [0.15, 0.2) is 42.5 Å². The first-order chi connectivity index (χ1) is 9.95. The lowest BCUT2D eigenvalue weighted by Crippen LogP contribution is -2.30. The Balaban J connectivity index is 2.03. The highest BCUT2D eigenvalue weighted by Crippen LogP contribution is 2.18. The third-order valence-corrected chi connectivity index (χ3v) is 2.89. The molecule has 6 heteroatoms. The second-order valence-corrected chi connectivity index (χ2v) is 4.62. The minimum atomic E-state index is -0.564. The van der Waals surface area contributed by atoms with E-state index >= 15 is 0 Å². The molecule has 4 nitrogen and oxygen atoms in total. The van der Waals surface area contributed by atoms with E-state index in [1.165, 1.54) is 30.3 Å². The molecule has 0 radical (unpaired) electrons. The maximum atomic E-state index is 13.5. The quantitative estimate of drug-likeness (QED) is 0.851. The highest BCUT2D eigenvalue weighted by molar-refractivity contribution is 5.94. The maximum Gasteiger partial charge on any atom is 0.243 e. The van der Waals surface area contributed by atoms with Crippen LogP contribution in [0.25, 0.3) is 0 Å². The molecule has 0 bridgehead atoms. The minimum Gasteiger partial charge on any atom is -0.399 e. The summed E-state index contributed by atoms with van der Waals surface area (Å²) in [5.74, 6) is -1.38. The zero-order valence-electron chi connectivity index (χ0n) is 11.4. The fourth-order valence-electron chi connectivity index (χ4n) is 1.85. The lowest BCUT2D eigenvalue weighted by Gasteiger charge is -2.19. The maximum absolute atomic E-state index is 13.5. The Labute approximate surface area is 121 Å². The third-order valence-electron chi connectivity index (χ3n) is 2.89. The Bertz CT molecular complexity index is 661. The van der Waals surface area contributed by atoms with Gasteiger partial charge in [-0.2, -0.15) is 0 Å². The summed E-state index contributed by atoms with van der Waals surface area (Å²) in [5, 5.41) is 2.44. The molecule has 0 aliphatic rings. The minimum absolute atomic E-state index is 0.0210. The molecule has 2 aromatic rings. The van der Waals surface area contributed by atoms with Crippen molar-refractivity contribution in [2.75, 3.05) is 29.5 Å². The standard InChI is InChI=1S/C15H15F2N3O/c1-20(12-4-2-3-10(16)7-12)9-15(21)19-14-8-11(18)5-6-13(14)17/h2-8H,9,18H2,1H3,(H,19,21). The highest BCUT2D eigenvalue weighted by Gasteiger charge is 2.11. The Morgan fingerprint density at radius 2 is 2.00 bits per heavy atom. The topological polar surface area (TPSA) is 58.4 Å². The van der Waals surface area contributed by atoms with Crippen LogP contribution in [0.2, 0.25) is 0 Å². The van der Waals surface area contributed by atoms with Gasteiger partial charge in [0.1, 0.15) is 11.6 Å². The van der Waals surface area contributed by atoms with Crippen molar-refractivity contribution >= 4 is 23.0 Å². The number of nitrogens with two attached hydrogens (primary N) is 1. The smallest absolute Gasteiger partial charge is 0.243 e. The van der Waals surface area contributed by atoms with E-state index in [1.54, 1.807) is 24.1 Å². The molecule has 2 rings (SSSR count). The van der Waals surface area contributed by atoms with Crippen LogP contribution in [-0.4, -0.2) is 19.5 Å². The second-order valence-electron chi connectivity index (χ2n) is 4.62. The van der Waals surface area contributed by atoms with Gasteiger partial charge in [-0.15, -0.1) is 0 Å². The molecule has 0 aliphatic heterocycles. The van der Waals surface area contributed by atoms with E-state index < -0.39 is 11.7 Å². The third kappa shape index (κ3) is 3.92. The van der Waals surface area contributed by atoms with Crippen molar-refractivity contribution in [1.29, 1.82) is 0 Å². The first-order valence-corrected chi connectivity index (χ1v) is 6.27.